The summed E-state index contributed by atoms with van der Waals surface area (Å²) in [6.45, 7) is 7.48. The average Bonchev–Trinajstić information content (AvgIpc) is 2.77. The fourth-order valence-corrected chi connectivity index (χ4v) is 2.89. The molecule has 0 aliphatic rings. The van der Waals surface area contributed by atoms with E-state index in [-0.39, 0.29) is 46.0 Å². The Morgan fingerprint density at radius 2 is 1.55 bits per heavy atom. The first kappa shape index (κ1) is 24.4. The summed E-state index contributed by atoms with van der Waals surface area (Å²) in [6.07, 6.45) is 1.40. The minimum Gasteiger partial charge on any atom is -0.507 e. The number of hydrogen-bond donors (Lipinski definition) is 1. The van der Waals surface area contributed by atoms with Crippen molar-refractivity contribution in [3.63, 3.8) is 0 Å². The van der Waals surface area contributed by atoms with Gasteiger partial charge in [-0.25, -0.2) is 4.79 Å². The van der Waals surface area contributed by atoms with Crippen LogP contribution in [-0.4, -0.2) is 28.2 Å². The zero-order valence-electron chi connectivity index (χ0n) is 18.1. The number of ether oxygens (including phenoxy) is 2. The second kappa shape index (κ2) is 11.0. The number of carbonyl (C=O) groups is 3. The fourth-order valence-electron chi connectivity index (χ4n) is 2.67. The number of halogens is 1. The summed E-state index contributed by atoms with van der Waals surface area (Å²) in [4.78, 5) is 36.7. The molecule has 2 aromatic rings. The Kier molecular flexibility index (Phi) is 8.63. The van der Waals surface area contributed by atoms with Gasteiger partial charge >= 0.3 is 11.9 Å². The van der Waals surface area contributed by atoms with Crippen LogP contribution in [0.1, 0.15) is 61.3 Å². The van der Waals surface area contributed by atoms with Gasteiger partial charge in [0.05, 0.1) is 11.1 Å². The molecule has 0 radical (unpaired) electrons. The Labute approximate surface area is 187 Å². The predicted octanol–water partition coefficient (Wildman–Crippen LogP) is 5.40. The lowest BCUT2D eigenvalue weighted by atomic mass is 9.96. The van der Waals surface area contributed by atoms with Gasteiger partial charge < -0.3 is 14.6 Å². The van der Waals surface area contributed by atoms with E-state index in [9.17, 15) is 19.5 Å². The smallest absolute Gasteiger partial charge is 0.343 e. The van der Waals surface area contributed by atoms with Crippen LogP contribution in [0.15, 0.2) is 42.5 Å². The Morgan fingerprint density at radius 3 is 2.10 bits per heavy atom. The van der Waals surface area contributed by atoms with Gasteiger partial charge in [0.25, 0.3) is 0 Å². The minimum atomic E-state index is -0.752. The molecular formula is C24H27ClO6. The van der Waals surface area contributed by atoms with Crippen LogP contribution < -0.4 is 9.47 Å². The maximum atomic E-state index is 12.4. The third-order valence-corrected chi connectivity index (χ3v) is 5.79. The van der Waals surface area contributed by atoms with Crippen LogP contribution in [0.3, 0.4) is 0 Å². The Hall–Kier alpha value is -2.86. The van der Waals surface area contributed by atoms with Crippen LogP contribution in [0.25, 0.3) is 0 Å². The minimum absolute atomic E-state index is 0.0216. The summed E-state index contributed by atoms with van der Waals surface area (Å²) >= 11 is 6.08. The van der Waals surface area contributed by atoms with E-state index in [0.29, 0.717) is 6.42 Å². The number of alkyl halides is 1. The lowest BCUT2D eigenvalue weighted by Gasteiger charge is -2.15. The van der Waals surface area contributed by atoms with E-state index < -0.39 is 17.3 Å². The number of Topliss-reactive ketones (excluding diaryl/α,β-unsaturated/α-hetero) is 1. The maximum Gasteiger partial charge on any atom is 0.343 e. The molecule has 0 bridgehead atoms. The van der Waals surface area contributed by atoms with Gasteiger partial charge in [0, 0.05) is 12.0 Å². The molecular weight excluding hydrogens is 420 g/mol. The topological polar surface area (TPSA) is 89.9 Å². The molecule has 0 aliphatic heterocycles. The van der Waals surface area contributed by atoms with Crippen molar-refractivity contribution in [3.05, 3.63) is 53.6 Å². The molecule has 0 saturated carbocycles. The summed E-state index contributed by atoms with van der Waals surface area (Å²) in [5.41, 5.74) is 0.415. The zero-order valence-corrected chi connectivity index (χ0v) is 18.8. The average molecular weight is 447 g/mol. The molecule has 3 unspecified atom stereocenters. The van der Waals surface area contributed by atoms with Crippen LogP contribution in [-0.2, 0) is 4.79 Å². The van der Waals surface area contributed by atoms with Gasteiger partial charge in [-0.3, -0.25) is 9.59 Å². The highest BCUT2D eigenvalue weighted by Gasteiger charge is 2.23. The van der Waals surface area contributed by atoms with E-state index >= 15 is 0 Å². The third kappa shape index (κ3) is 6.31. The Morgan fingerprint density at radius 1 is 0.935 bits per heavy atom. The van der Waals surface area contributed by atoms with Crippen molar-refractivity contribution in [3.8, 4) is 17.2 Å². The maximum absolute atomic E-state index is 12.4. The van der Waals surface area contributed by atoms with Crippen LogP contribution in [0.2, 0.25) is 0 Å². The summed E-state index contributed by atoms with van der Waals surface area (Å²) in [5, 5.41) is 9.39. The normalized spacial score (nSPS) is 13.7. The van der Waals surface area contributed by atoms with Crippen LogP contribution >= 0.6 is 11.6 Å². The molecule has 0 fully saturated rings. The molecule has 0 aliphatic carbocycles. The van der Waals surface area contributed by atoms with Crippen molar-refractivity contribution in [1.29, 1.82) is 0 Å². The first-order valence-electron chi connectivity index (χ1n) is 10.2. The Bertz CT molecular complexity index is 938. The van der Waals surface area contributed by atoms with Crippen molar-refractivity contribution >= 4 is 29.3 Å². The van der Waals surface area contributed by atoms with E-state index in [1.165, 1.54) is 42.5 Å². The van der Waals surface area contributed by atoms with Crippen LogP contribution in [0.5, 0.6) is 17.2 Å². The molecule has 31 heavy (non-hydrogen) atoms. The molecule has 0 amide bonds. The van der Waals surface area contributed by atoms with Gasteiger partial charge in [-0.15, -0.1) is 11.6 Å². The van der Waals surface area contributed by atoms with Gasteiger partial charge in [-0.2, -0.15) is 0 Å². The molecule has 7 heteroatoms. The highest BCUT2D eigenvalue weighted by Crippen LogP contribution is 2.27. The lowest BCUT2D eigenvalue weighted by Crippen LogP contribution is -2.26. The lowest BCUT2D eigenvalue weighted by molar-refractivity contribution is -0.134. The monoisotopic (exact) mass is 446 g/mol. The van der Waals surface area contributed by atoms with E-state index in [1.54, 1.807) is 6.92 Å². The molecule has 2 aromatic carbocycles. The number of rotatable bonds is 9. The van der Waals surface area contributed by atoms with Gasteiger partial charge in [0.15, 0.2) is 5.78 Å². The molecule has 166 valence electrons. The number of phenols is 1. The van der Waals surface area contributed by atoms with Crippen molar-refractivity contribution in [2.45, 2.75) is 45.9 Å². The summed E-state index contributed by atoms with van der Waals surface area (Å²) in [5.74, 6) is -1.48. The van der Waals surface area contributed by atoms with Crippen LogP contribution in [0.4, 0.5) is 0 Å². The highest BCUT2D eigenvalue weighted by atomic mass is 35.5. The van der Waals surface area contributed by atoms with Gasteiger partial charge in [-0.1, -0.05) is 34.1 Å². The third-order valence-electron chi connectivity index (χ3n) is 5.18. The second-order valence-electron chi connectivity index (χ2n) is 7.47. The van der Waals surface area contributed by atoms with E-state index in [0.717, 1.165) is 6.42 Å². The number of hydrogen-bond acceptors (Lipinski definition) is 6. The number of aromatic hydroxyl groups is 1. The van der Waals surface area contributed by atoms with Gasteiger partial charge in [0.1, 0.15) is 22.6 Å². The first-order chi connectivity index (χ1) is 14.7. The van der Waals surface area contributed by atoms with E-state index in [2.05, 4.69) is 0 Å². The molecule has 0 aromatic heterocycles. The number of carbonyl (C=O) groups excluding carboxylic acids is 3. The number of esters is 2. The highest BCUT2D eigenvalue weighted by molar-refractivity contribution is 6.30. The van der Waals surface area contributed by atoms with E-state index in [4.69, 9.17) is 21.1 Å². The molecule has 1 N–H and O–H groups in total. The van der Waals surface area contributed by atoms with Gasteiger partial charge in [-0.05, 0) is 48.7 Å². The first-order valence-corrected chi connectivity index (χ1v) is 10.7. The van der Waals surface area contributed by atoms with Crippen molar-refractivity contribution in [1.82, 2.24) is 0 Å². The van der Waals surface area contributed by atoms with Crippen LogP contribution in [0, 0.1) is 11.8 Å². The SMILES string of the molecule is CCC(C)C(=O)c1ccc(OC(=O)c2ccc(OC(=O)C(Cl)C(C)CC)cc2)cc1O. The van der Waals surface area contributed by atoms with Crippen molar-refractivity contribution in [2.75, 3.05) is 0 Å². The fraction of sp³-hybridized carbons (Fsp3) is 0.375. The summed E-state index contributed by atoms with van der Waals surface area (Å²) < 4.78 is 10.5. The van der Waals surface area contributed by atoms with Crippen molar-refractivity contribution in [2.24, 2.45) is 11.8 Å². The zero-order chi connectivity index (χ0) is 23.1. The predicted molar refractivity (Wildman–Crippen MR) is 118 cm³/mol. The second-order valence-corrected chi connectivity index (χ2v) is 7.94. The molecule has 6 nitrogen and oxygen atoms in total. The van der Waals surface area contributed by atoms with E-state index in [1.807, 2.05) is 20.8 Å². The largest absolute Gasteiger partial charge is 0.507 e. The molecule has 3 atom stereocenters. The quantitative estimate of drug-likeness (QED) is 0.240. The molecule has 2 rings (SSSR count). The molecule has 0 saturated heterocycles. The van der Waals surface area contributed by atoms with Crippen molar-refractivity contribution < 1.29 is 29.0 Å². The molecule has 0 spiro atoms. The summed E-state index contributed by atoms with van der Waals surface area (Å²) in [7, 11) is 0. The number of ketones is 1. The number of phenolic OH excluding ortho intramolecular Hbond substituents is 1. The molecule has 0 heterocycles. The summed E-state index contributed by atoms with van der Waals surface area (Å²) in [6, 6.07) is 9.99. The van der Waals surface area contributed by atoms with Gasteiger partial charge in [0.2, 0.25) is 0 Å². The Balaban J connectivity index is 2.04. The standard InChI is InChI=1S/C24H27ClO6/c1-5-14(3)21(25)24(29)30-17-9-7-16(8-10-17)23(28)31-18-11-12-19(20(26)13-18)22(27)15(4)6-2/h7-15,21,26H,5-6H2,1-4H3. The number of benzene rings is 2.